The first-order valence-corrected chi connectivity index (χ1v) is 7.46. The van der Waals surface area contributed by atoms with Crippen LogP contribution in [-0.4, -0.2) is 41.4 Å². The molecule has 1 fully saturated rings. The monoisotopic (exact) mass is 265 g/mol. The Morgan fingerprint density at radius 2 is 2.33 bits per heavy atom. The molecule has 1 aromatic carbocycles. The second-order valence-electron chi connectivity index (χ2n) is 4.66. The van der Waals surface area contributed by atoms with Crippen molar-refractivity contribution < 1.29 is 9.90 Å². The minimum absolute atomic E-state index is 0.00478. The van der Waals surface area contributed by atoms with Gasteiger partial charge >= 0.3 is 0 Å². The largest absolute Gasteiger partial charge is 0.394 e. The van der Waals surface area contributed by atoms with Crippen molar-refractivity contribution in [2.45, 2.75) is 30.7 Å². The Balaban J connectivity index is 2.27. The van der Waals surface area contributed by atoms with E-state index in [9.17, 15) is 9.90 Å². The number of aliphatic hydroxyl groups is 1. The number of hydrogen-bond donors (Lipinski definition) is 1. The van der Waals surface area contributed by atoms with Crippen LogP contribution in [0.2, 0.25) is 0 Å². The van der Waals surface area contributed by atoms with Crippen molar-refractivity contribution >= 4 is 17.7 Å². The van der Waals surface area contributed by atoms with Gasteiger partial charge in [0.25, 0.3) is 5.91 Å². The summed E-state index contributed by atoms with van der Waals surface area (Å²) in [4.78, 5) is 15.4. The molecule has 3 nitrogen and oxygen atoms in total. The Bertz CT molecular complexity index is 447. The van der Waals surface area contributed by atoms with E-state index in [2.05, 4.69) is 0 Å². The van der Waals surface area contributed by atoms with Crippen molar-refractivity contribution in [2.75, 3.05) is 19.4 Å². The van der Waals surface area contributed by atoms with E-state index in [0.717, 1.165) is 35.4 Å². The van der Waals surface area contributed by atoms with Gasteiger partial charge in [-0.25, -0.2) is 0 Å². The van der Waals surface area contributed by atoms with Gasteiger partial charge in [0.05, 0.1) is 12.6 Å². The SMILES string of the molecule is CSc1ccc(C)c(C(=O)N2CCCC2CO)c1. The number of thioether (sulfide) groups is 1. The average Bonchev–Trinajstić information content (AvgIpc) is 2.86. The molecular formula is C14H19NO2S. The van der Waals surface area contributed by atoms with Crippen LogP contribution in [0, 0.1) is 6.92 Å². The third kappa shape index (κ3) is 2.54. The van der Waals surface area contributed by atoms with Crippen LogP contribution in [-0.2, 0) is 0 Å². The highest BCUT2D eigenvalue weighted by atomic mass is 32.2. The standard InChI is InChI=1S/C14H19NO2S/c1-10-5-6-12(18-2)8-13(10)14(17)15-7-3-4-11(15)9-16/h5-6,8,11,16H,3-4,7,9H2,1-2H3. The van der Waals surface area contributed by atoms with E-state index >= 15 is 0 Å². The number of nitrogens with zero attached hydrogens (tertiary/aromatic N) is 1. The number of carbonyl (C=O) groups is 1. The molecule has 1 unspecified atom stereocenters. The maximum absolute atomic E-state index is 12.5. The van der Waals surface area contributed by atoms with Crippen molar-refractivity contribution in [3.05, 3.63) is 29.3 Å². The molecule has 4 heteroatoms. The third-order valence-corrected chi connectivity index (χ3v) is 4.25. The number of benzene rings is 1. The number of amides is 1. The predicted molar refractivity (Wildman–Crippen MR) is 74.1 cm³/mol. The Labute approximate surface area is 112 Å². The summed E-state index contributed by atoms with van der Waals surface area (Å²) in [6, 6.07) is 5.97. The van der Waals surface area contributed by atoms with Crippen molar-refractivity contribution in [2.24, 2.45) is 0 Å². The zero-order valence-corrected chi connectivity index (χ0v) is 11.7. The maximum Gasteiger partial charge on any atom is 0.254 e. The molecule has 1 saturated heterocycles. The molecule has 0 saturated carbocycles. The minimum Gasteiger partial charge on any atom is -0.394 e. The fraction of sp³-hybridized carbons (Fsp3) is 0.500. The van der Waals surface area contributed by atoms with Gasteiger partial charge in [0, 0.05) is 17.0 Å². The molecule has 0 bridgehead atoms. The van der Waals surface area contributed by atoms with Gasteiger partial charge in [-0.3, -0.25) is 4.79 Å². The Morgan fingerprint density at radius 3 is 3.00 bits per heavy atom. The number of carbonyl (C=O) groups excluding carboxylic acids is 1. The summed E-state index contributed by atoms with van der Waals surface area (Å²) in [5.74, 6) is 0.0555. The van der Waals surface area contributed by atoms with Gasteiger partial charge in [-0.15, -0.1) is 11.8 Å². The zero-order valence-electron chi connectivity index (χ0n) is 10.8. The lowest BCUT2D eigenvalue weighted by Crippen LogP contribution is -2.37. The first kappa shape index (κ1) is 13.4. The van der Waals surface area contributed by atoms with Crippen LogP contribution in [0.3, 0.4) is 0 Å². The quantitative estimate of drug-likeness (QED) is 0.853. The first-order chi connectivity index (χ1) is 8.67. The predicted octanol–water partition coefficient (Wildman–Crippen LogP) is 2.31. The second kappa shape index (κ2) is 5.76. The summed E-state index contributed by atoms with van der Waals surface area (Å²) < 4.78 is 0. The third-order valence-electron chi connectivity index (χ3n) is 3.52. The normalized spacial score (nSPS) is 19.3. The van der Waals surface area contributed by atoms with Gasteiger partial charge in [0.15, 0.2) is 0 Å². The summed E-state index contributed by atoms with van der Waals surface area (Å²) in [6.45, 7) is 2.78. The van der Waals surface area contributed by atoms with E-state index < -0.39 is 0 Å². The molecule has 0 spiro atoms. The Morgan fingerprint density at radius 1 is 1.56 bits per heavy atom. The molecule has 1 aliphatic heterocycles. The van der Waals surface area contributed by atoms with Gasteiger partial charge in [-0.2, -0.15) is 0 Å². The van der Waals surface area contributed by atoms with E-state index in [-0.39, 0.29) is 18.6 Å². The van der Waals surface area contributed by atoms with Gasteiger partial charge in [-0.1, -0.05) is 6.07 Å². The Kier molecular flexibility index (Phi) is 4.30. The van der Waals surface area contributed by atoms with E-state index in [4.69, 9.17) is 0 Å². The molecule has 18 heavy (non-hydrogen) atoms. The number of aryl methyl sites for hydroxylation is 1. The fourth-order valence-corrected chi connectivity index (χ4v) is 2.85. The zero-order chi connectivity index (χ0) is 13.1. The summed E-state index contributed by atoms with van der Waals surface area (Å²) in [5, 5.41) is 9.30. The summed E-state index contributed by atoms with van der Waals surface area (Å²) in [7, 11) is 0. The summed E-state index contributed by atoms with van der Waals surface area (Å²) in [5.41, 5.74) is 1.77. The molecule has 1 aliphatic rings. The number of aliphatic hydroxyl groups excluding tert-OH is 1. The van der Waals surface area contributed by atoms with Crippen LogP contribution in [0.4, 0.5) is 0 Å². The van der Waals surface area contributed by atoms with Crippen LogP contribution in [0.5, 0.6) is 0 Å². The number of rotatable bonds is 3. The molecule has 0 aromatic heterocycles. The van der Waals surface area contributed by atoms with Gasteiger partial charge in [-0.05, 0) is 43.7 Å². The maximum atomic E-state index is 12.5. The number of likely N-dealkylation sites (tertiary alicyclic amines) is 1. The second-order valence-corrected chi connectivity index (χ2v) is 5.54. The van der Waals surface area contributed by atoms with Crippen molar-refractivity contribution in [1.29, 1.82) is 0 Å². The molecule has 1 aromatic rings. The summed E-state index contributed by atoms with van der Waals surface area (Å²) >= 11 is 1.64. The minimum atomic E-state index is -0.00478. The molecular weight excluding hydrogens is 246 g/mol. The fourth-order valence-electron chi connectivity index (χ4n) is 2.41. The van der Waals surface area contributed by atoms with Gasteiger partial charge in [0.2, 0.25) is 0 Å². The van der Waals surface area contributed by atoms with Crippen LogP contribution in [0.25, 0.3) is 0 Å². The van der Waals surface area contributed by atoms with Crippen LogP contribution in [0.15, 0.2) is 23.1 Å². The van der Waals surface area contributed by atoms with Crippen LogP contribution < -0.4 is 0 Å². The molecule has 0 radical (unpaired) electrons. The summed E-state index contributed by atoms with van der Waals surface area (Å²) in [6.07, 6.45) is 3.90. The van der Waals surface area contributed by atoms with E-state index in [0.29, 0.717) is 0 Å². The van der Waals surface area contributed by atoms with E-state index in [1.54, 1.807) is 11.8 Å². The van der Waals surface area contributed by atoms with Gasteiger partial charge in [0.1, 0.15) is 0 Å². The smallest absolute Gasteiger partial charge is 0.254 e. The molecule has 1 atom stereocenters. The molecule has 1 N–H and O–H groups in total. The molecule has 1 heterocycles. The van der Waals surface area contributed by atoms with Crippen LogP contribution >= 0.6 is 11.8 Å². The first-order valence-electron chi connectivity index (χ1n) is 6.24. The van der Waals surface area contributed by atoms with Crippen LogP contribution in [0.1, 0.15) is 28.8 Å². The Hall–Kier alpha value is -1.00. The topological polar surface area (TPSA) is 40.5 Å². The highest BCUT2D eigenvalue weighted by molar-refractivity contribution is 7.98. The lowest BCUT2D eigenvalue weighted by molar-refractivity contribution is 0.0676. The van der Waals surface area contributed by atoms with Crippen molar-refractivity contribution in [1.82, 2.24) is 4.90 Å². The van der Waals surface area contributed by atoms with Crippen molar-refractivity contribution in [3.63, 3.8) is 0 Å². The average molecular weight is 265 g/mol. The molecule has 98 valence electrons. The highest BCUT2D eigenvalue weighted by Crippen LogP contribution is 2.24. The van der Waals surface area contributed by atoms with E-state index in [1.165, 1.54) is 0 Å². The lowest BCUT2D eigenvalue weighted by Gasteiger charge is -2.24. The number of hydrogen-bond acceptors (Lipinski definition) is 3. The van der Waals surface area contributed by atoms with Gasteiger partial charge < -0.3 is 10.0 Å². The molecule has 1 amide bonds. The molecule has 0 aliphatic carbocycles. The highest BCUT2D eigenvalue weighted by Gasteiger charge is 2.29. The molecule has 2 rings (SSSR count). The lowest BCUT2D eigenvalue weighted by atomic mass is 10.1. The van der Waals surface area contributed by atoms with E-state index in [1.807, 2.05) is 36.3 Å². The van der Waals surface area contributed by atoms with Crippen molar-refractivity contribution in [3.8, 4) is 0 Å².